The predicted molar refractivity (Wildman–Crippen MR) is 477 cm³/mol. The first kappa shape index (κ1) is 101. The summed E-state index contributed by atoms with van der Waals surface area (Å²) in [5.41, 5.74) is -1.32. The van der Waals surface area contributed by atoms with Gasteiger partial charge in [0.1, 0.15) is 35.2 Å². The highest BCUT2D eigenvalue weighted by Gasteiger charge is 2.55. The van der Waals surface area contributed by atoms with Crippen molar-refractivity contribution in [3.05, 3.63) is 216 Å². The number of nitrogens with zero attached hydrogens (tertiary/aromatic N) is 12. The van der Waals surface area contributed by atoms with Crippen LogP contribution in [0.1, 0.15) is 209 Å². The van der Waals surface area contributed by atoms with E-state index < -0.39 is 86.6 Å². The van der Waals surface area contributed by atoms with Crippen LogP contribution in [0, 0.1) is 6.92 Å². The number of ketones is 2. The molecule has 0 unspecified atom stereocenters. The number of aliphatic hydroxyl groups is 2. The van der Waals surface area contributed by atoms with Crippen LogP contribution in [0.15, 0.2) is 127 Å². The molecule has 12 heterocycles. The summed E-state index contributed by atoms with van der Waals surface area (Å²) in [5, 5.41) is 33.7. The van der Waals surface area contributed by atoms with E-state index in [-0.39, 0.29) is 79.5 Å². The van der Waals surface area contributed by atoms with Crippen LogP contribution in [0.25, 0.3) is 0 Å². The highest BCUT2D eigenvalue weighted by Crippen LogP contribution is 2.50. The fourth-order valence-electron chi connectivity index (χ4n) is 20.3. The Morgan fingerprint density at radius 1 is 0.463 bits per heavy atom. The van der Waals surface area contributed by atoms with Gasteiger partial charge >= 0.3 is 30.7 Å². The molecule has 4 saturated heterocycles. The second-order valence-corrected chi connectivity index (χ2v) is 38.4. The quantitative estimate of drug-likeness (QED) is 0.0655. The number of aromatic nitrogens is 4. The lowest BCUT2D eigenvalue weighted by atomic mass is 9.79. The number of ether oxygens (including phenoxy) is 2. The summed E-state index contributed by atoms with van der Waals surface area (Å²) < 4.78 is 176. The van der Waals surface area contributed by atoms with E-state index in [9.17, 15) is 102 Å². The largest absolute Gasteiger partial charge is 0.506 e. The van der Waals surface area contributed by atoms with Crippen LogP contribution in [-0.4, -0.2) is 251 Å². The number of Topliss-reactive ketones (excluding diaryl/α,β-unsaturated/α-hetero) is 2. The van der Waals surface area contributed by atoms with Crippen LogP contribution in [0.2, 0.25) is 10.0 Å². The number of phenols is 1. The fraction of sp³-hybridized carbons (Fsp3) is 0.505. The topological polar surface area (TPSA) is 256 Å². The molecule has 4 spiro atoms. The number of amides is 6. The SMILES string of the molecule is CCOc1ccc(C(=O)N2CCC3(CC2)NC(C)(C)Cn2c(C(=O)C(F)(F)F)ccc23)cc1Cl.CN1CCn2c(C(=O)C(F)(F)F)ccc2C12CCN(C(=O)c1ccc(O)c(Cl)c1)CC2.CN1CCn2c(C(F)(F)F)ccc2C12CCN(C(=O)c1ccc(OCC(C)(C)O)cc1)CC2.Cc1cc(C(=O)N2CCC3(CC2)c2ccc(C(F)(F)F)n2CCN3C(=O)N(C)C)ccc1C(C)(C)O.[HH]. The first-order valence-electron chi connectivity index (χ1n) is 44.2. The van der Waals surface area contributed by atoms with E-state index in [0.29, 0.717) is 198 Å². The third kappa shape index (κ3) is 20.5. The number of piperidine rings is 4. The summed E-state index contributed by atoms with van der Waals surface area (Å²) in [4.78, 5) is 103. The summed E-state index contributed by atoms with van der Waals surface area (Å²) in [5.74, 6) is -3.39. The minimum Gasteiger partial charge on any atom is -0.506 e. The molecule has 4 aromatic heterocycles. The molecule has 4 fully saturated rings. The Morgan fingerprint density at radius 2 is 0.858 bits per heavy atom. The third-order valence-electron chi connectivity index (χ3n) is 27.0. The number of benzene rings is 4. The molecular weight excluding hydrogens is 1810 g/mol. The molecule has 728 valence electrons. The molecule has 16 rings (SSSR count). The summed E-state index contributed by atoms with van der Waals surface area (Å²) in [6.07, 6.45) is -14.9. The molecule has 4 aromatic carbocycles. The Labute approximate surface area is 779 Å². The van der Waals surface area contributed by atoms with Crippen LogP contribution in [0.4, 0.5) is 57.5 Å². The Bertz CT molecular complexity index is 5720. The molecule has 4 N–H and O–H groups in total. The van der Waals surface area contributed by atoms with Gasteiger partial charge in [-0.2, -0.15) is 52.7 Å². The molecule has 0 atom stereocenters. The van der Waals surface area contributed by atoms with Crippen molar-refractivity contribution in [2.45, 2.75) is 197 Å². The average molecular weight is 1930 g/mol. The van der Waals surface area contributed by atoms with Gasteiger partial charge in [0.05, 0.1) is 61.4 Å². The van der Waals surface area contributed by atoms with Gasteiger partial charge in [-0.3, -0.25) is 43.9 Å². The summed E-state index contributed by atoms with van der Waals surface area (Å²) >= 11 is 12.2. The maximum Gasteiger partial charge on any atom is 0.456 e. The molecule has 25 nitrogen and oxygen atoms in total. The Morgan fingerprint density at radius 3 is 1.30 bits per heavy atom. The van der Waals surface area contributed by atoms with E-state index in [1.807, 2.05) is 41.8 Å². The van der Waals surface area contributed by atoms with Gasteiger partial charge in [0.2, 0.25) is 0 Å². The number of fused-ring (bicyclic) bond motifs is 8. The maximum absolute atomic E-state index is 13.7. The number of carbonyl (C=O) groups excluding carboxylic acids is 7. The Hall–Kier alpha value is -10.6. The van der Waals surface area contributed by atoms with Crippen molar-refractivity contribution in [2.75, 3.05) is 113 Å². The van der Waals surface area contributed by atoms with Crippen molar-refractivity contribution in [1.82, 2.24) is 62.8 Å². The number of alkyl halides is 12. The first-order chi connectivity index (χ1) is 62.5. The minimum atomic E-state index is -4.94. The van der Waals surface area contributed by atoms with Gasteiger partial charge in [0, 0.05) is 164 Å². The molecule has 0 saturated carbocycles. The lowest BCUT2D eigenvalue weighted by Gasteiger charge is -2.52. The van der Waals surface area contributed by atoms with Crippen LogP contribution in [0.5, 0.6) is 17.2 Å². The third-order valence-corrected chi connectivity index (χ3v) is 27.6. The van der Waals surface area contributed by atoms with E-state index in [4.69, 9.17) is 32.7 Å². The number of aryl methyl sites for hydroxylation is 1. The Kier molecular flexibility index (Phi) is 28.5. The van der Waals surface area contributed by atoms with Gasteiger partial charge in [-0.05, 0) is 253 Å². The summed E-state index contributed by atoms with van der Waals surface area (Å²) in [7, 11) is 7.12. The fourth-order valence-corrected chi connectivity index (χ4v) is 20.8. The second-order valence-electron chi connectivity index (χ2n) is 37.6. The lowest BCUT2D eigenvalue weighted by Crippen LogP contribution is -2.63. The van der Waals surface area contributed by atoms with Crippen LogP contribution < -0.4 is 14.8 Å². The van der Waals surface area contributed by atoms with E-state index in [1.165, 1.54) is 65.6 Å². The molecule has 0 aliphatic carbocycles. The number of likely N-dealkylation sites (tertiary alicyclic amines) is 4. The molecule has 6 amide bonds. The van der Waals surface area contributed by atoms with Crippen molar-refractivity contribution in [2.24, 2.45) is 0 Å². The number of nitrogens with one attached hydrogen (secondary N) is 1. The first-order valence-corrected chi connectivity index (χ1v) is 45.0. The standard InChI is InChI=1S/C26H33F3N4O3.C24H27ClF3N3O3.C24H30F3N3O3.C21H21ClF3N3O3.H2/c1-17-16-18(6-7-19(17)24(2,3)36)22(34)31-12-10-25(11-13-31)20-8-9-21(26(27,28)29)32(20)14-15-33(25)23(35)30(4)5;1-4-34-18-7-5-15(13-16(18)25)21(33)30-11-9-23(10-12-30)19-8-6-17(20(32)24(26,27)28)31(19)14-22(2,3)29-23;1-22(2,32)16-33-18-6-4-17(5-7-18)21(31)29-12-10-23(11-13-29)19-8-9-20(24(25,26)27)30(19)15-14-28(23)3;1-26-10-11-28-15(18(30)21(23,24)25)3-5-17(28)20(26)6-8-27(9-7-20)19(31)13-2-4-16(29)14(22)12-13;/h6-9,16,36H,10-15H2,1-5H3;5-8,13,29H,4,9-12,14H2,1-3H3;4-9,32H,10-16H2,1-3H3;2-5,12,29H,6-11H2,1H3;1H. The highest BCUT2D eigenvalue weighted by molar-refractivity contribution is 6.32. The highest BCUT2D eigenvalue weighted by atomic mass is 35.5. The van der Waals surface area contributed by atoms with Gasteiger partial charge in [-0.1, -0.05) is 29.3 Å². The molecule has 8 aliphatic heterocycles. The van der Waals surface area contributed by atoms with Crippen molar-refractivity contribution in [3.8, 4) is 17.2 Å². The average Bonchev–Trinajstić information content (AvgIpc) is 1.41. The molecule has 39 heteroatoms. The number of phenolic OH excluding ortho intramolecular Hbond substituents is 1. The van der Waals surface area contributed by atoms with Gasteiger partial charge in [-0.25, -0.2) is 4.79 Å². The number of aromatic hydroxyl groups is 1. The normalized spacial score (nSPS) is 18.6. The van der Waals surface area contributed by atoms with Crippen molar-refractivity contribution in [3.63, 3.8) is 0 Å². The molecular formula is C95H113Cl2F12N13O12. The smallest absolute Gasteiger partial charge is 0.456 e. The molecule has 0 bridgehead atoms. The van der Waals surface area contributed by atoms with E-state index in [2.05, 4.69) is 15.1 Å². The van der Waals surface area contributed by atoms with Gasteiger partial charge in [-0.15, -0.1) is 0 Å². The summed E-state index contributed by atoms with van der Waals surface area (Å²) in [6, 6.07) is 32.0. The van der Waals surface area contributed by atoms with Crippen LogP contribution in [-0.2, 0) is 66.3 Å². The predicted octanol–water partition coefficient (Wildman–Crippen LogP) is 16.6. The zero-order chi connectivity index (χ0) is 98.1. The number of urea groups is 1. The van der Waals surface area contributed by atoms with Crippen LogP contribution in [0.3, 0.4) is 0 Å². The number of hydrogen-bond acceptors (Lipinski definition) is 15. The lowest BCUT2D eigenvalue weighted by molar-refractivity contribution is -0.145. The molecule has 8 aliphatic rings. The maximum atomic E-state index is 13.7. The molecule has 134 heavy (non-hydrogen) atoms. The van der Waals surface area contributed by atoms with Crippen molar-refractivity contribution >= 4 is 64.4 Å². The Balaban J connectivity index is 0.000000162. The van der Waals surface area contributed by atoms with Gasteiger partial charge in [0.15, 0.2) is 0 Å². The van der Waals surface area contributed by atoms with E-state index >= 15 is 0 Å². The molecule has 0 radical (unpaired) electrons. The monoisotopic (exact) mass is 1930 g/mol. The molecule has 8 aromatic rings. The number of rotatable bonds is 12. The van der Waals surface area contributed by atoms with Crippen LogP contribution >= 0.6 is 23.2 Å². The van der Waals surface area contributed by atoms with Gasteiger partial charge < -0.3 is 72.5 Å². The second kappa shape index (κ2) is 37.8. The number of carbonyl (C=O) groups is 7. The number of likely N-dealkylation sites (N-methyl/N-ethyl adjacent to an activating group) is 2. The zero-order valence-corrected chi connectivity index (χ0v) is 78.0. The van der Waals surface area contributed by atoms with E-state index in [0.717, 1.165) is 17.2 Å². The minimum absolute atomic E-state index is 0. The number of hydrogen-bond donors (Lipinski definition) is 4. The van der Waals surface area contributed by atoms with Gasteiger partial charge in [0.25, 0.3) is 35.2 Å². The van der Waals surface area contributed by atoms with Crippen molar-refractivity contribution in [1.29, 1.82) is 0 Å². The van der Waals surface area contributed by atoms with Crippen molar-refractivity contribution < 1.29 is 112 Å². The van der Waals surface area contributed by atoms with E-state index in [1.54, 1.807) is 145 Å². The zero-order valence-electron chi connectivity index (χ0n) is 76.5. The number of halogens is 14. The summed E-state index contributed by atoms with van der Waals surface area (Å²) in [6.45, 7) is 20.0.